The Morgan fingerprint density at radius 1 is 1.18 bits per heavy atom. The number of rotatable bonds is 4. The summed E-state index contributed by atoms with van der Waals surface area (Å²) in [4.78, 5) is 17.0. The molecule has 0 saturated carbocycles. The average molecular weight is 412 g/mol. The van der Waals surface area contributed by atoms with E-state index in [2.05, 4.69) is 4.99 Å². The molecule has 5 nitrogen and oxygen atoms in total. The van der Waals surface area contributed by atoms with Gasteiger partial charge < -0.3 is 5.11 Å². The van der Waals surface area contributed by atoms with Crippen molar-refractivity contribution < 1.29 is 5.11 Å². The summed E-state index contributed by atoms with van der Waals surface area (Å²) >= 11 is 11.9. The Hall–Kier alpha value is -3.07. The number of pyridine rings is 1. The molecule has 3 rings (SSSR count). The Morgan fingerprint density at radius 2 is 1.89 bits per heavy atom. The lowest BCUT2D eigenvalue weighted by Crippen LogP contribution is -2.25. The minimum Gasteiger partial charge on any atom is -0.494 e. The second kappa shape index (κ2) is 8.30. The minimum atomic E-state index is -0.548. The summed E-state index contributed by atoms with van der Waals surface area (Å²) < 4.78 is 1.16. The fourth-order valence-electron chi connectivity index (χ4n) is 2.74. The van der Waals surface area contributed by atoms with Crippen molar-refractivity contribution in [1.82, 2.24) is 4.57 Å². The topological polar surface area (TPSA) is 78.4 Å². The Balaban J connectivity index is 2.11. The van der Waals surface area contributed by atoms with Gasteiger partial charge in [-0.15, -0.1) is 0 Å². The zero-order valence-electron chi connectivity index (χ0n) is 14.9. The Kier molecular flexibility index (Phi) is 5.84. The van der Waals surface area contributed by atoms with Gasteiger partial charge in [-0.25, -0.2) is 0 Å². The van der Waals surface area contributed by atoms with Crippen LogP contribution in [0, 0.1) is 18.3 Å². The number of halogens is 2. The third-order valence-electron chi connectivity index (χ3n) is 4.28. The molecular formula is C21H15Cl2N3O2. The minimum absolute atomic E-state index is 0.0377. The maximum atomic E-state index is 12.7. The maximum Gasteiger partial charge on any atom is 0.271 e. The van der Waals surface area contributed by atoms with Gasteiger partial charge in [-0.05, 0) is 36.2 Å². The molecule has 1 heterocycles. The van der Waals surface area contributed by atoms with Gasteiger partial charge in [-0.3, -0.25) is 14.4 Å². The summed E-state index contributed by atoms with van der Waals surface area (Å²) in [6.45, 7) is 1.73. The van der Waals surface area contributed by atoms with Crippen LogP contribution in [0.2, 0.25) is 10.0 Å². The molecule has 0 bridgehead atoms. The number of hydrogen-bond acceptors (Lipinski definition) is 4. The highest BCUT2D eigenvalue weighted by atomic mass is 35.5. The molecule has 28 heavy (non-hydrogen) atoms. The van der Waals surface area contributed by atoms with Crippen LogP contribution in [0.4, 0.5) is 5.69 Å². The summed E-state index contributed by atoms with van der Waals surface area (Å²) in [5.74, 6) is -0.255. The molecule has 0 radical (unpaired) electrons. The number of benzene rings is 2. The van der Waals surface area contributed by atoms with Crippen molar-refractivity contribution in [3.63, 3.8) is 0 Å². The molecule has 0 amide bonds. The van der Waals surface area contributed by atoms with E-state index in [0.717, 1.165) is 10.1 Å². The van der Waals surface area contributed by atoms with E-state index < -0.39 is 5.56 Å². The lowest BCUT2D eigenvalue weighted by molar-refractivity contribution is 0.413. The van der Waals surface area contributed by atoms with Gasteiger partial charge >= 0.3 is 0 Å². The van der Waals surface area contributed by atoms with Gasteiger partial charge in [0, 0.05) is 6.21 Å². The molecule has 0 aliphatic heterocycles. The molecule has 0 unspecified atom stereocenters. The van der Waals surface area contributed by atoms with Gasteiger partial charge in [-0.2, -0.15) is 5.26 Å². The average Bonchev–Trinajstić information content (AvgIpc) is 2.69. The zero-order chi connectivity index (χ0) is 20.3. The zero-order valence-corrected chi connectivity index (χ0v) is 16.4. The van der Waals surface area contributed by atoms with Gasteiger partial charge in [0.05, 0.1) is 27.8 Å². The number of nitrogens with zero attached hydrogens (tertiary/aromatic N) is 3. The van der Waals surface area contributed by atoms with Gasteiger partial charge in [0.2, 0.25) is 5.88 Å². The molecule has 1 N–H and O–H groups in total. The highest BCUT2D eigenvalue weighted by Crippen LogP contribution is 2.27. The largest absolute Gasteiger partial charge is 0.494 e. The molecule has 3 aromatic rings. The van der Waals surface area contributed by atoms with Gasteiger partial charge in [0.25, 0.3) is 5.56 Å². The Labute approximate surface area is 171 Å². The van der Waals surface area contributed by atoms with Crippen LogP contribution < -0.4 is 5.56 Å². The lowest BCUT2D eigenvalue weighted by Gasteiger charge is -2.14. The first-order valence-corrected chi connectivity index (χ1v) is 9.07. The van der Waals surface area contributed by atoms with Crippen LogP contribution in [0.25, 0.3) is 0 Å². The van der Waals surface area contributed by atoms with Gasteiger partial charge in [0.1, 0.15) is 11.6 Å². The Bertz CT molecular complexity index is 1160. The van der Waals surface area contributed by atoms with Crippen LogP contribution in [0.1, 0.15) is 22.3 Å². The van der Waals surface area contributed by atoms with Crippen molar-refractivity contribution in [3.05, 3.63) is 91.2 Å². The molecule has 0 fully saturated rings. The normalized spacial score (nSPS) is 10.9. The smallest absolute Gasteiger partial charge is 0.271 e. The summed E-state index contributed by atoms with van der Waals surface area (Å²) in [5.41, 5.74) is 1.40. The monoisotopic (exact) mass is 411 g/mol. The maximum absolute atomic E-state index is 12.7. The highest BCUT2D eigenvalue weighted by molar-refractivity contribution is 6.42. The molecular weight excluding hydrogens is 397 g/mol. The number of aliphatic imine (C=N–C) groups is 1. The first kappa shape index (κ1) is 19.7. The first-order chi connectivity index (χ1) is 13.4. The first-order valence-electron chi connectivity index (χ1n) is 8.32. The summed E-state index contributed by atoms with van der Waals surface area (Å²) in [5, 5.41) is 20.9. The van der Waals surface area contributed by atoms with Crippen LogP contribution >= 0.6 is 23.2 Å². The van der Waals surface area contributed by atoms with E-state index in [1.807, 2.05) is 36.4 Å². The number of aromatic nitrogens is 1. The van der Waals surface area contributed by atoms with Crippen LogP contribution in [-0.2, 0) is 6.54 Å². The van der Waals surface area contributed by atoms with Gasteiger partial charge in [0.15, 0.2) is 0 Å². The highest BCUT2D eigenvalue weighted by Gasteiger charge is 2.18. The van der Waals surface area contributed by atoms with Crippen LogP contribution in [0.5, 0.6) is 5.88 Å². The molecule has 0 aliphatic carbocycles. The van der Waals surface area contributed by atoms with E-state index in [4.69, 9.17) is 23.2 Å². The van der Waals surface area contributed by atoms with Gasteiger partial charge in [-0.1, -0.05) is 53.5 Å². The quantitative estimate of drug-likeness (QED) is 0.623. The standard InChI is InChI=1S/C21H15Cl2N3O2/c1-13-16(10-24)20(27)26(12-14-5-3-2-4-6-14)21(28)17(13)11-25-15-7-8-18(22)19(23)9-15/h2-9,11,28H,12H2,1H3. The van der Waals surface area contributed by atoms with Crippen molar-refractivity contribution in [2.24, 2.45) is 4.99 Å². The van der Waals surface area contributed by atoms with E-state index >= 15 is 0 Å². The molecule has 1 aromatic heterocycles. The molecule has 0 saturated heterocycles. The third kappa shape index (κ3) is 3.94. The van der Waals surface area contributed by atoms with E-state index in [9.17, 15) is 15.2 Å². The fraction of sp³-hybridized carbons (Fsp3) is 0.0952. The van der Waals surface area contributed by atoms with E-state index in [1.54, 1.807) is 25.1 Å². The van der Waals surface area contributed by atoms with Crippen molar-refractivity contribution in [2.75, 3.05) is 0 Å². The number of nitriles is 1. The van der Waals surface area contributed by atoms with Crippen LogP contribution in [-0.4, -0.2) is 15.9 Å². The van der Waals surface area contributed by atoms with Crippen LogP contribution in [0.3, 0.4) is 0 Å². The second-order valence-electron chi connectivity index (χ2n) is 6.08. The Morgan fingerprint density at radius 3 is 2.54 bits per heavy atom. The molecule has 0 spiro atoms. The lowest BCUT2D eigenvalue weighted by atomic mass is 10.1. The van der Waals surface area contributed by atoms with Crippen molar-refractivity contribution >= 4 is 35.1 Å². The van der Waals surface area contributed by atoms with E-state index in [0.29, 0.717) is 21.3 Å². The molecule has 2 aromatic carbocycles. The number of aromatic hydroxyl groups is 1. The second-order valence-corrected chi connectivity index (χ2v) is 6.90. The molecule has 7 heteroatoms. The summed E-state index contributed by atoms with van der Waals surface area (Å²) in [6.07, 6.45) is 1.41. The predicted molar refractivity (Wildman–Crippen MR) is 111 cm³/mol. The summed E-state index contributed by atoms with van der Waals surface area (Å²) in [7, 11) is 0. The molecule has 0 aliphatic rings. The van der Waals surface area contributed by atoms with Crippen molar-refractivity contribution in [2.45, 2.75) is 13.5 Å². The third-order valence-corrected chi connectivity index (χ3v) is 5.01. The SMILES string of the molecule is Cc1c(C=Nc2ccc(Cl)c(Cl)c2)c(O)n(Cc2ccccc2)c(=O)c1C#N. The molecule has 140 valence electrons. The number of hydrogen-bond donors (Lipinski definition) is 1. The van der Waals surface area contributed by atoms with Crippen LogP contribution in [0.15, 0.2) is 58.3 Å². The summed E-state index contributed by atoms with van der Waals surface area (Å²) in [6, 6.07) is 16.0. The van der Waals surface area contributed by atoms with E-state index in [1.165, 1.54) is 6.21 Å². The van der Waals surface area contributed by atoms with Crippen molar-refractivity contribution in [1.29, 1.82) is 5.26 Å². The van der Waals surface area contributed by atoms with E-state index in [-0.39, 0.29) is 23.6 Å². The predicted octanol–water partition coefficient (Wildman–Crippen LogP) is 4.84. The molecule has 0 atom stereocenters. The fourth-order valence-corrected chi connectivity index (χ4v) is 3.03. The van der Waals surface area contributed by atoms with Crippen molar-refractivity contribution in [3.8, 4) is 11.9 Å².